The summed E-state index contributed by atoms with van der Waals surface area (Å²) in [6, 6.07) is 15.6. The summed E-state index contributed by atoms with van der Waals surface area (Å²) < 4.78 is 1.76. The molecule has 0 bridgehead atoms. The molecule has 1 N–H and O–H groups in total. The molecule has 0 spiro atoms. The van der Waals surface area contributed by atoms with E-state index in [1.54, 1.807) is 4.68 Å². The quantitative estimate of drug-likeness (QED) is 0.757. The van der Waals surface area contributed by atoms with Crippen molar-refractivity contribution >= 4 is 23.3 Å². The third kappa shape index (κ3) is 2.49. The summed E-state index contributed by atoms with van der Waals surface area (Å²) in [6.07, 6.45) is 2.28. The van der Waals surface area contributed by atoms with Gasteiger partial charge in [-0.3, -0.25) is 4.79 Å². The van der Waals surface area contributed by atoms with Crippen molar-refractivity contribution in [1.82, 2.24) is 9.78 Å². The molecule has 4 nitrogen and oxygen atoms in total. The van der Waals surface area contributed by atoms with Gasteiger partial charge in [-0.15, -0.1) is 0 Å². The van der Waals surface area contributed by atoms with Crippen LogP contribution in [0.2, 0.25) is 5.02 Å². The van der Waals surface area contributed by atoms with Crippen LogP contribution in [0.4, 0.5) is 5.82 Å². The molecule has 0 radical (unpaired) electrons. The lowest BCUT2D eigenvalue weighted by Crippen LogP contribution is -2.25. The smallest absolute Gasteiger partial charge is 0.226 e. The van der Waals surface area contributed by atoms with Crippen LogP contribution in [0, 0.1) is 6.92 Å². The van der Waals surface area contributed by atoms with E-state index in [1.807, 2.05) is 42.6 Å². The molecule has 24 heavy (non-hydrogen) atoms. The van der Waals surface area contributed by atoms with Crippen molar-refractivity contribution in [2.24, 2.45) is 0 Å². The number of hydrogen-bond acceptors (Lipinski definition) is 2. The summed E-state index contributed by atoms with van der Waals surface area (Å²) in [5.41, 5.74) is 4.26. The fraction of sp³-hybridized carbons (Fsp3) is 0.158. The van der Waals surface area contributed by atoms with Gasteiger partial charge >= 0.3 is 0 Å². The summed E-state index contributed by atoms with van der Waals surface area (Å²) in [4.78, 5) is 12.3. The molecular formula is C19H16ClN3O. The van der Waals surface area contributed by atoms with Crippen molar-refractivity contribution in [2.75, 3.05) is 5.32 Å². The second-order valence-corrected chi connectivity index (χ2v) is 6.43. The highest BCUT2D eigenvalue weighted by Crippen LogP contribution is 2.39. The molecule has 0 saturated heterocycles. The fourth-order valence-electron chi connectivity index (χ4n) is 3.25. The van der Waals surface area contributed by atoms with Crippen molar-refractivity contribution in [3.05, 3.63) is 76.4 Å². The monoisotopic (exact) mass is 337 g/mol. The number of amides is 1. The van der Waals surface area contributed by atoms with Gasteiger partial charge in [0.15, 0.2) is 0 Å². The minimum atomic E-state index is 0.00599. The predicted octanol–water partition coefficient (Wildman–Crippen LogP) is 4.31. The van der Waals surface area contributed by atoms with E-state index in [9.17, 15) is 4.79 Å². The molecule has 3 aromatic rings. The van der Waals surface area contributed by atoms with E-state index in [-0.39, 0.29) is 11.8 Å². The summed E-state index contributed by atoms with van der Waals surface area (Å²) in [5, 5.41) is 8.13. The Balaban J connectivity index is 1.83. The van der Waals surface area contributed by atoms with Crippen LogP contribution in [0.15, 0.2) is 54.7 Å². The van der Waals surface area contributed by atoms with E-state index in [1.165, 1.54) is 11.1 Å². The Morgan fingerprint density at radius 2 is 1.88 bits per heavy atom. The Labute approximate surface area is 145 Å². The first-order valence-corrected chi connectivity index (χ1v) is 8.20. The lowest BCUT2D eigenvalue weighted by atomic mass is 9.85. The van der Waals surface area contributed by atoms with Gasteiger partial charge < -0.3 is 5.32 Å². The molecule has 2 aromatic carbocycles. The van der Waals surface area contributed by atoms with E-state index in [0.717, 1.165) is 17.1 Å². The van der Waals surface area contributed by atoms with Crippen molar-refractivity contribution in [3.8, 4) is 5.69 Å². The lowest BCUT2D eigenvalue weighted by Gasteiger charge is -2.25. The van der Waals surface area contributed by atoms with Crippen molar-refractivity contribution in [3.63, 3.8) is 0 Å². The highest BCUT2D eigenvalue weighted by Gasteiger charge is 2.30. The van der Waals surface area contributed by atoms with E-state index in [0.29, 0.717) is 11.4 Å². The molecule has 0 fully saturated rings. The largest absolute Gasteiger partial charge is 0.310 e. The Morgan fingerprint density at radius 3 is 2.62 bits per heavy atom. The number of rotatable bonds is 2. The van der Waals surface area contributed by atoms with Crippen LogP contribution in [0.3, 0.4) is 0 Å². The van der Waals surface area contributed by atoms with Crippen LogP contribution in [-0.4, -0.2) is 15.7 Å². The number of fused-ring (bicyclic) bond motifs is 1. The molecule has 1 aliphatic rings. The van der Waals surface area contributed by atoms with Gasteiger partial charge in [-0.25, -0.2) is 4.68 Å². The molecule has 0 saturated carbocycles. The molecule has 4 rings (SSSR count). The van der Waals surface area contributed by atoms with Gasteiger partial charge in [0.25, 0.3) is 0 Å². The number of nitrogens with zero attached hydrogens (tertiary/aromatic N) is 2. The van der Waals surface area contributed by atoms with E-state index >= 15 is 0 Å². The Hall–Kier alpha value is -2.59. The summed E-state index contributed by atoms with van der Waals surface area (Å²) in [6.45, 7) is 2.07. The first-order valence-electron chi connectivity index (χ1n) is 7.83. The third-order valence-corrected chi connectivity index (χ3v) is 4.71. The normalized spacial score (nSPS) is 16.6. The fourth-order valence-corrected chi connectivity index (χ4v) is 3.38. The number of carbonyl (C=O) groups excluding carboxylic acids is 1. The maximum absolute atomic E-state index is 12.3. The SMILES string of the molecule is Cc1ccccc1C1CC(=O)Nc2c1cnn2-c1ccc(Cl)cc1. The molecule has 5 heteroatoms. The molecule has 120 valence electrons. The van der Waals surface area contributed by atoms with E-state index in [2.05, 4.69) is 29.5 Å². The van der Waals surface area contributed by atoms with Crippen LogP contribution in [0.5, 0.6) is 0 Å². The van der Waals surface area contributed by atoms with Crippen LogP contribution >= 0.6 is 11.6 Å². The zero-order valence-electron chi connectivity index (χ0n) is 13.2. The highest BCUT2D eigenvalue weighted by atomic mass is 35.5. The van der Waals surface area contributed by atoms with Crippen LogP contribution in [0.25, 0.3) is 5.69 Å². The van der Waals surface area contributed by atoms with Crippen molar-refractivity contribution in [1.29, 1.82) is 0 Å². The topological polar surface area (TPSA) is 46.9 Å². The van der Waals surface area contributed by atoms with Crippen LogP contribution < -0.4 is 5.32 Å². The highest BCUT2D eigenvalue weighted by molar-refractivity contribution is 6.30. The van der Waals surface area contributed by atoms with E-state index < -0.39 is 0 Å². The Morgan fingerprint density at radius 1 is 1.12 bits per heavy atom. The number of aryl methyl sites for hydroxylation is 1. The number of halogens is 1. The summed E-state index contributed by atoms with van der Waals surface area (Å²) in [5.74, 6) is 0.768. The summed E-state index contributed by atoms with van der Waals surface area (Å²) in [7, 11) is 0. The van der Waals surface area contributed by atoms with Gasteiger partial charge in [0.05, 0.1) is 11.9 Å². The number of benzene rings is 2. The summed E-state index contributed by atoms with van der Waals surface area (Å²) >= 11 is 5.96. The average Bonchev–Trinajstić information content (AvgIpc) is 2.99. The molecule has 2 heterocycles. The molecule has 0 aliphatic carbocycles. The van der Waals surface area contributed by atoms with Crippen LogP contribution in [-0.2, 0) is 4.79 Å². The first kappa shape index (κ1) is 15.0. The second kappa shape index (κ2) is 5.80. The van der Waals surface area contributed by atoms with Gasteiger partial charge in [0.1, 0.15) is 5.82 Å². The molecule has 1 amide bonds. The number of nitrogens with one attached hydrogen (secondary N) is 1. The maximum Gasteiger partial charge on any atom is 0.226 e. The number of aromatic nitrogens is 2. The van der Waals surface area contributed by atoms with Crippen molar-refractivity contribution in [2.45, 2.75) is 19.3 Å². The number of anilines is 1. The standard InChI is InChI=1S/C19H16ClN3O/c1-12-4-2-3-5-15(12)16-10-18(24)22-19-17(16)11-21-23(19)14-8-6-13(20)7-9-14/h2-9,11,16H,10H2,1H3,(H,22,24). The minimum absolute atomic E-state index is 0.00599. The maximum atomic E-state index is 12.3. The van der Waals surface area contributed by atoms with Gasteiger partial charge in [0, 0.05) is 22.9 Å². The Kier molecular flexibility index (Phi) is 3.62. The van der Waals surface area contributed by atoms with Crippen molar-refractivity contribution < 1.29 is 4.79 Å². The Bertz CT molecular complexity index is 915. The van der Waals surface area contributed by atoms with E-state index in [4.69, 9.17) is 11.6 Å². The molecule has 1 atom stereocenters. The molecular weight excluding hydrogens is 322 g/mol. The lowest BCUT2D eigenvalue weighted by molar-refractivity contribution is -0.116. The van der Waals surface area contributed by atoms with Gasteiger partial charge in [-0.2, -0.15) is 5.10 Å². The number of hydrogen-bond donors (Lipinski definition) is 1. The molecule has 1 aromatic heterocycles. The predicted molar refractivity (Wildman–Crippen MR) is 94.8 cm³/mol. The molecule has 1 aliphatic heterocycles. The average molecular weight is 338 g/mol. The third-order valence-electron chi connectivity index (χ3n) is 4.46. The second-order valence-electron chi connectivity index (χ2n) is 6.00. The van der Waals surface area contributed by atoms with Gasteiger partial charge in [-0.05, 0) is 42.3 Å². The van der Waals surface area contributed by atoms with Gasteiger partial charge in [0.2, 0.25) is 5.91 Å². The van der Waals surface area contributed by atoms with Gasteiger partial charge in [-0.1, -0.05) is 35.9 Å². The zero-order valence-corrected chi connectivity index (χ0v) is 13.9. The molecule has 1 unspecified atom stereocenters. The minimum Gasteiger partial charge on any atom is -0.310 e. The number of carbonyl (C=O) groups is 1. The zero-order chi connectivity index (χ0) is 16.7. The van der Waals surface area contributed by atoms with Crippen LogP contribution in [0.1, 0.15) is 29.0 Å². The first-order chi connectivity index (χ1) is 11.6.